The average Bonchev–Trinajstić information content (AvgIpc) is 3.58. The highest BCUT2D eigenvalue weighted by Crippen LogP contribution is 2.47. The molecule has 0 N–H and O–H groups in total. The Hall–Kier alpha value is -6.64. The number of furan rings is 1. The van der Waals surface area contributed by atoms with Crippen LogP contribution in [0.25, 0.3) is 76.5 Å². The van der Waals surface area contributed by atoms with Crippen LogP contribution < -0.4 is 4.90 Å². The number of benzene rings is 9. The molecule has 234 valence electrons. The van der Waals surface area contributed by atoms with E-state index in [1.165, 1.54) is 54.6 Å². The summed E-state index contributed by atoms with van der Waals surface area (Å²) in [6.07, 6.45) is 0. The quantitative estimate of drug-likeness (QED) is 0.175. The van der Waals surface area contributed by atoms with Gasteiger partial charge in [0.15, 0.2) is 5.58 Å². The summed E-state index contributed by atoms with van der Waals surface area (Å²) in [4.78, 5) is 2.35. The van der Waals surface area contributed by atoms with Gasteiger partial charge in [0.05, 0.1) is 11.4 Å². The normalized spacial score (nSPS) is 11.6. The molecule has 50 heavy (non-hydrogen) atoms. The molecule has 0 radical (unpaired) electrons. The molecule has 0 saturated carbocycles. The largest absolute Gasteiger partial charge is 0.454 e. The lowest BCUT2D eigenvalue weighted by Crippen LogP contribution is -2.10. The molecule has 0 unspecified atom stereocenters. The molecular weight excluding hydrogens is 607 g/mol. The molecule has 9 aromatic carbocycles. The standard InChI is InChI=1S/C48H31NO/c1-2-15-33(16-3-1)46-40-22-8-6-19-37(40)38-20-7-9-23-41(38)47(46)34-28-30-35(31-29-34)49(43-25-12-17-32-14-4-5-18-36(32)43)44-26-13-24-42-39-21-10-11-27-45(39)50-48(42)44/h1-31H. The van der Waals surface area contributed by atoms with Crippen molar-refractivity contribution < 1.29 is 4.42 Å². The van der Waals surface area contributed by atoms with E-state index in [9.17, 15) is 0 Å². The van der Waals surface area contributed by atoms with Crippen molar-refractivity contribution in [3.05, 3.63) is 188 Å². The fourth-order valence-electron chi connectivity index (χ4n) is 7.84. The predicted molar refractivity (Wildman–Crippen MR) is 212 cm³/mol. The van der Waals surface area contributed by atoms with Crippen molar-refractivity contribution in [3.8, 4) is 22.3 Å². The van der Waals surface area contributed by atoms with E-state index >= 15 is 0 Å². The Morgan fingerprint density at radius 2 is 0.820 bits per heavy atom. The molecule has 0 amide bonds. The molecule has 0 atom stereocenters. The summed E-state index contributed by atoms with van der Waals surface area (Å²) in [5.74, 6) is 0. The summed E-state index contributed by atoms with van der Waals surface area (Å²) >= 11 is 0. The molecule has 0 fully saturated rings. The van der Waals surface area contributed by atoms with Crippen LogP contribution in [0, 0.1) is 0 Å². The van der Waals surface area contributed by atoms with Crippen molar-refractivity contribution in [2.45, 2.75) is 0 Å². The second-order valence-electron chi connectivity index (χ2n) is 12.8. The molecule has 1 aromatic heterocycles. The third-order valence-corrected chi connectivity index (χ3v) is 10.0. The minimum Gasteiger partial charge on any atom is -0.454 e. The Labute approximate surface area is 290 Å². The van der Waals surface area contributed by atoms with Crippen LogP contribution in [0.2, 0.25) is 0 Å². The molecule has 2 heteroatoms. The van der Waals surface area contributed by atoms with Gasteiger partial charge in [-0.2, -0.15) is 0 Å². The van der Waals surface area contributed by atoms with Crippen LogP contribution >= 0.6 is 0 Å². The van der Waals surface area contributed by atoms with E-state index in [2.05, 4.69) is 181 Å². The average molecular weight is 638 g/mol. The zero-order chi connectivity index (χ0) is 33.0. The van der Waals surface area contributed by atoms with E-state index in [-0.39, 0.29) is 0 Å². The lowest BCUT2D eigenvalue weighted by molar-refractivity contribution is 0.669. The lowest BCUT2D eigenvalue weighted by Gasteiger charge is -2.27. The van der Waals surface area contributed by atoms with Gasteiger partial charge in [0, 0.05) is 21.8 Å². The van der Waals surface area contributed by atoms with Gasteiger partial charge in [0.1, 0.15) is 5.58 Å². The fraction of sp³-hybridized carbons (Fsp3) is 0. The number of hydrogen-bond donors (Lipinski definition) is 0. The van der Waals surface area contributed by atoms with E-state index in [0.29, 0.717) is 0 Å². The minimum absolute atomic E-state index is 0.873. The Bertz CT molecular complexity index is 2860. The molecule has 0 saturated heterocycles. The highest BCUT2D eigenvalue weighted by atomic mass is 16.3. The maximum Gasteiger partial charge on any atom is 0.159 e. The fourth-order valence-corrected chi connectivity index (χ4v) is 7.84. The van der Waals surface area contributed by atoms with Gasteiger partial charge in [-0.15, -0.1) is 0 Å². The molecule has 10 aromatic rings. The maximum absolute atomic E-state index is 6.62. The van der Waals surface area contributed by atoms with Gasteiger partial charge in [-0.1, -0.05) is 158 Å². The highest BCUT2D eigenvalue weighted by Gasteiger charge is 2.22. The van der Waals surface area contributed by atoms with Gasteiger partial charge in [-0.3, -0.25) is 0 Å². The maximum atomic E-state index is 6.62. The molecule has 1 heterocycles. The molecular formula is C48H31NO. The number of anilines is 3. The first kappa shape index (κ1) is 28.4. The second-order valence-corrected chi connectivity index (χ2v) is 12.8. The summed E-state index contributed by atoms with van der Waals surface area (Å²) in [6, 6.07) is 67.4. The Morgan fingerprint density at radius 1 is 0.320 bits per heavy atom. The first-order valence-electron chi connectivity index (χ1n) is 17.1. The third kappa shape index (κ3) is 4.43. The first-order chi connectivity index (χ1) is 24.8. The minimum atomic E-state index is 0.873. The van der Waals surface area contributed by atoms with E-state index in [4.69, 9.17) is 4.42 Å². The van der Waals surface area contributed by atoms with Crippen LogP contribution in [0.1, 0.15) is 0 Å². The van der Waals surface area contributed by atoms with Crippen LogP contribution in [0.15, 0.2) is 192 Å². The van der Waals surface area contributed by atoms with Crippen molar-refractivity contribution in [1.82, 2.24) is 0 Å². The summed E-state index contributed by atoms with van der Waals surface area (Å²) in [6.45, 7) is 0. The van der Waals surface area contributed by atoms with Crippen molar-refractivity contribution in [1.29, 1.82) is 0 Å². The van der Waals surface area contributed by atoms with Crippen LogP contribution in [-0.4, -0.2) is 0 Å². The van der Waals surface area contributed by atoms with Crippen molar-refractivity contribution in [2.75, 3.05) is 4.90 Å². The SMILES string of the molecule is c1ccc(-c2c(-c3ccc(N(c4cccc5ccccc45)c4cccc5c4oc4ccccc45)cc3)c3ccccc3c3ccccc23)cc1. The summed E-state index contributed by atoms with van der Waals surface area (Å²) in [5, 5.41) is 9.63. The van der Waals surface area contributed by atoms with E-state index in [1.54, 1.807) is 0 Å². The number of rotatable bonds is 5. The first-order valence-corrected chi connectivity index (χ1v) is 17.1. The smallest absolute Gasteiger partial charge is 0.159 e. The Kier molecular flexibility index (Phi) is 6.53. The van der Waals surface area contributed by atoms with Crippen LogP contribution in [0.3, 0.4) is 0 Å². The molecule has 0 aliphatic carbocycles. The molecule has 2 nitrogen and oxygen atoms in total. The zero-order valence-corrected chi connectivity index (χ0v) is 27.3. The Balaban J connectivity index is 1.23. The number of fused-ring (bicyclic) bond motifs is 7. The van der Waals surface area contributed by atoms with E-state index in [0.717, 1.165) is 39.0 Å². The van der Waals surface area contributed by atoms with Crippen molar-refractivity contribution in [3.63, 3.8) is 0 Å². The van der Waals surface area contributed by atoms with Gasteiger partial charge in [0.25, 0.3) is 0 Å². The predicted octanol–water partition coefficient (Wildman–Crippen LogP) is 13.8. The summed E-state index contributed by atoms with van der Waals surface area (Å²) in [5.41, 5.74) is 9.81. The lowest BCUT2D eigenvalue weighted by atomic mass is 9.85. The second kappa shape index (κ2) is 11.5. The zero-order valence-electron chi connectivity index (χ0n) is 27.3. The van der Waals surface area contributed by atoms with E-state index < -0.39 is 0 Å². The summed E-state index contributed by atoms with van der Waals surface area (Å²) in [7, 11) is 0. The number of nitrogens with zero attached hydrogens (tertiary/aromatic N) is 1. The van der Waals surface area contributed by atoms with Gasteiger partial charge in [-0.05, 0) is 79.5 Å². The van der Waals surface area contributed by atoms with Crippen LogP contribution in [-0.2, 0) is 0 Å². The summed E-state index contributed by atoms with van der Waals surface area (Å²) < 4.78 is 6.62. The molecule has 0 spiro atoms. The van der Waals surface area contributed by atoms with Gasteiger partial charge in [-0.25, -0.2) is 0 Å². The molecule has 0 bridgehead atoms. The monoisotopic (exact) mass is 637 g/mol. The molecule has 0 aliphatic rings. The van der Waals surface area contributed by atoms with Crippen LogP contribution in [0.5, 0.6) is 0 Å². The van der Waals surface area contributed by atoms with Crippen molar-refractivity contribution in [2.24, 2.45) is 0 Å². The number of hydrogen-bond acceptors (Lipinski definition) is 2. The molecule has 0 aliphatic heterocycles. The highest BCUT2D eigenvalue weighted by molar-refractivity contribution is 6.21. The van der Waals surface area contributed by atoms with Crippen molar-refractivity contribution >= 4 is 71.3 Å². The van der Waals surface area contributed by atoms with Crippen LogP contribution in [0.4, 0.5) is 17.1 Å². The van der Waals surface area contributed by atoms with Gasteiger partial charge in [0.2, 0.25) is 0 Å². The van der Waals surface area contributed by atoms with E-state index in [1.807, 2.05) is 12.1 Å². The Morgan fingerprint density at radius 3 is 1.54 bits per heavy atom. The third-order valence-electron chi connectivity index (χ3n) is 10.0. The van der Waals surface area contributed by atoms with Gasteiger partial charge < -0.3 is 9.32 Å². The number of para-hydroxylation sites is 2. The topological polar surface area (TPSA) is 16.4 Å². The molecule has 10 rings (SSSR count). The van der Waals surface area contributed by atoms with Gasteiger partial charge >= 0.3 is 0 Å².